The Balaban J connectivity index is 2.69. The molecule has 0 aliphatic heterocycles. The topological polar surface area (TPSA) is 64.4 Å². The SMILES string of the molecule is CCOC(C)CNc1cc([N+](=O)[O-])ccc1C. The van der Waals surface area contributed by atoms with Crippen LogP contribution in [0.25, 0.3) is 0 Å². The number of non-ortho nitro benzene ring substituents is 1. The Morgan fingerprint density at radius 2 is 2.24 bits per heavy atom. The Bertz CT molecular complexity index is 393. The number of anilines is 1. The van der Waals surface area contributed by atoms with Crippen LogP contribution in [0.3, 0.4) is 0 Å². The van der Waals surface area contributed by atoms with E-state index in [0.29, 0.717) is 13.2 Å². The number of nitrogens with zero attached hydrogens (tertiary/aromatic N) is 1. The highest BCUT2D eigenvalue weighted by Crippen LogP contribution is 2.21. The fourth-order valence-corrected chi connectivity index (χ4v) is 1.51. The van der Waals surface area contributed by atoms with E-state index in [1.807, 2.05) is 20.8 Å². The van der Waals surface area contributed by atoms with Crippen LogP contribution in [-0.2, 0) is 4.74 Å². The van der Waals surface area contributed by atoms with Gasteiger partial charge in [0.25, 0.3) is 5.69 Å². The van der Waals surface area contributed by atoms with Gasteiger partial charge in [0.2, 0.25) is 0 Å². The molecule has 1 aromatic rings. The fraction of sp³-hybridized carbons (Fsp3) is 0.500. The first-order valence-electron chi connectivity index (χ1n) is 5.65. The number of nitro benzene ring substituents is 1. The first-order valence-corrected chi connectivity index (χ1v) is 5.65. The molecule has 0 fully saturated rings. The molecule has 0 saturated carbocycles. The average molecular weight is 238 g/mol. The lowest BCUT2D eigenvalue weighted by atomic mass is 10.2. The number of rotatable bonds is 6. The second kappa shape index (κ2) is 6.20. The Hall–Kier alpha value is -1.62. The van der Waals surface area contributed by atoms with Gasteiger partial charge in [-0.15, -0.1) is 0 Å². The molecule has 0 aliphatic rings. The van der Waals surface area contributed by atoms with Crippen molar-refractivity contribution in [1.82, 2.24) is 0 Å². The highest BCUT2D eigenvalue weighted by Gasteiger charge is 2.09. The lowest BCUT2D eigenvalue weighted by Gasteiger charge is -2.14. The monoisotopic (exact) mass is 238 g/mol. The third-order valence-corrected chi connectivity index (χ3v) is 2.46. The molecule has 0 radical (unpaired) electrons. The minimum atomic E-state index is -0.392. The van der Waals surface area contributed by atoms with Crippen molar-refractivity contribution in [3.63, 3.8) is 0 Å². The number of ether oxygens (including phenoxy) is 1. The molecule has 1 unspecified atom stereocenters. The first-order chi connectivity index (χ1) is 8.04. The van der Waals surface area contributed by atoms with Crippen LogP contribution in [-0.4, -0.2) is 24.2 Å². The maximum atomic E-state index is 10.7. The molecule has 0 bridgehead atoms. The van der Waals surface area contributed by atoms with Crippen LogP contribution in [0.2, 0.25) is 0 Å². The van der Waals surface area contributed by atoms with Crippen molar-refractivity contribution >= 4 is 11.4 Å². The van der Waals surface area contributed by atoms with Gasteiger partial charge in [-0.3, -0.25) is 10.1 Å². The number of nitro groups is 1. The van der Waals surface area contributed by atoms with E-state index in [0.717, 1.165) is 11.3 Å². The van der Waals surface area contributed by atoms with E-state index in [1.54, 1.807) is 12.1 Å². The third kappa shape index (κ3) is 4.03. The van der Waals surface area contributed by atoms with E-state index >= 15 is 0 Å². The van der Waals surface area contributed by atoms with Gasteiger partial charge in [-0.25, -0.2) is 0 Å². The number of hydrogen-bond acceptors (Lipinski definition) is 4. The average Bonchev–Trinajstić information content (AvgIpc) is 2.28. The molecule has 17 heavy (non-hydrogen) atoms. The standard InChI is InChI=1S/C12H18N2O3/c1-4-17-10(3)8-13-12-7-11(14(15)16)6-5-9(12)2/h5-7,10,13H,4,8H2,1-3H3. The predicted octanol–water partition coefficient (Wildman–Crippen LogP) is 2.74. The molecular formula is C12H18N2O3. The van der Waals surface area contributed by atoms with E-state index in [2.05, 4.69) is 5.32 Å². The van der Waals surface area contributed by atoms with Crippen LogP contribution in [0.5, 0.6) is 0 Å². The predicted molar refractivity (Wildman–Crippen MR) is 67.4 cm³/mol. The molecule has 5 heteroatoms. The Morgan fingerprint density at radius 1 is 1.53 bits per heavy atom. The van der Waals surface area contributed by atoms with Crippen LogP contribution < -0.4 is 5.32 Å². The molecule has 1 N–H and O–H groups in total. The summed E-state index contributed by atoms with van der Waals surface area (Å²) in [5.41, 5.74) is 1.87. The Morgan fingerprint density at radius 3 is 2.82 bits per heavy atom. The summed E-state index contributed by atoms with van der Waals surface area (Å²) in [6, 6.07) is 4.80. The summed E-state index contributed by atoms with van der Waals surface area (Å²) >= 11 is 0. The van der Waals surface area contributed by atoms with Gasteiger partial charge in [0.05, 0.1) is 11.0 Å². The van der Waals surface area contributed by atoms with Gasteiger partial charge >= 0.3 is 0 Å². The summed E-state index contributed by atoms with van der Waals surface area (Å²) < 4.78 is 5.38. The molecule has 0 aromatic heterocycles. The summed E-state index contributed by atoms with van der Waals surface area (Å²) in [6.45, 7) is 7.11. The molecule has 0 amide bonds. The van der Waals surface area contributed by atoms with Crippen molar-refractivity contribution in [2.75, 3.05) is 18.5 Å². The van der Waals surface area contributed by atoms with Crippen molar-refractivity contribution in [2.45, 2.75) is 26.9 Å². The van der Waals surface area contributed by atoms with E-state index < -0.39 is 4.92 Å². The molecular weight excluding hydrogens is 220 g/mol. The van der Waals surface area contributed by atoms with E-state index in [9.17, 15) is 10.1 Å². The Labute approximate surface area is 101 Å². The largest absolute Gasteiger partial charge is 0.382 e. The fourth-order valence-electron chi connectivity index (χ4n) is 1.51. The zero-order valence-electron chi connectivity index (χ0n) is 10.4. The molecule has 0 saturated heterocycles. The van der Waals surface area contributed by atoms with E-state index in [1.165, 1.54) is 6.07 Å². The summed E-state index contributed by atoms with van der Waals surface area (Å²) in [5, 5.41) is 13.8. The summed E-state index contributed by atoms with van der Waals surface area (Å²) in [4.78, 5) is 10.3. The smallest absolute Gasteiger partial charge is 0.271 e. The highest BCUT2D eigenvalue weighted by molar-refractivity contribution is 5.56. The second-order valence-corrected chi connectivity index (χ2v) is 3.90. The van der Waals surface area contributed by atoms with Crippen molar-refractivity contribution < 1.29 is 9.66 Å². The van der Waals surface area contributed by atoms with Gasteiger partial charge in [-0.2, -0.15) is 0 Å². The number of nitrogens with one attached hydrogen (secondary N) is 1. The molecule has 0 spiro atoms. The Kier molecular flexibility index (Phi) is 4.90. The highest BCUT2D eigenvalue weighted by atomic mass is 16.6. The molecule has 1 aromatic carbocycles. The minimum Gasteiger partial charge on any atom is -0.382 e. The van der Waals surface area contributed by atoms with Gasteiger partial charge in [0.15, 0.2) is 0 Å². The quantitative estimate of drug-likeness (QED) is 0.611. The maximum Gasteiger partial charge on any atom is 0.271 e. The van der Waals surface area contributed by atoms with Crippen LogP contribution in [0.4, 0.5) is 11.4 Å². The zero-order chi connectivity index (χ0) is 12.8. The van der Waals surface area contributed by atoms with E-state index in [4.69, 9.17) is 4.74 Å². The normalized spacial score (nSPS) is 12.2. The van der Waals surface area contributed by atoms with Gasteiger partial charge < -0.3 is 10.1 Å². The van der Waals surface area contributed by atoms with Crippen LogP contribution in [0.1, 0.15) is 19.4 Å². The van der Waals surface area contributed by atoms with Gasteiger partial charge in [0, 0.05) is 31.0 Å². The van der Waals surface area contributed by atoms with Crippen molar-refractivity contribution in [2.24, 2.45) is 0 Å². The lowest BCUT2D eigenvalue weighted by molar-refractivity contribution is -0.384. The molecule has 5 nitrogen and oxygen atoms in total. The number of hydrogen-bond donors (Lipinski definition) is 1. The number of benzene rings is 1. The van der Waals surface area contributed by atoms with Gasteiger partial charge in [-0.1, -0.05) is 6.07 Å². The van der Waals surface area contributed by atoms with Crippen molar-refractivity contribution in [1.29, 1.82) is 0 Å². The van der Waals surface area contributed by atoms with Gasteiger partial charge in [-0.05, 0) is 26.3 Å². The van der Waals surface area contributed by atoms with Crippen molar-refractivity contribution in [3.8, 4) is 0 Å². The van der Waals surface area contributed by atoms with Crippen molar-refractivity contribution in [3.05, 3.63) is 33.9 Å². The second-order valence-electron chi connectivity index (χ2n) is 3.90. The zero-order valence-corrected chi connectivity index (χ0v) is 10.4. The maximum absolute atomic E-state index is 10.7. The summed E-state index contributed by atoms with van der Waals surface area (Å²) in [7, 11) is 0. The van der Waals surface area contributed by atoms with Crippen LogP contribution >= 0.6 is 0 Å². The molecule has 0 aliphatic carbocycles. The molecule has 1 atom stereocenters. The molecule has 94 valence electrons. The summed E-state index contributed by atoms with van der Waals surface area (Å²) in [5.74, 6) is 0. The molecule has 0 heterocycles. The van der Waals surface area contributed by atoms with Crippen LogP contribution in [0, 0.1) is 17.0 Å². The minimum absolute atomic E-state index is 0.0821. The first kappa shape index (κ1) is 13.4. The van der Waals surface area contributed by atoms with Crippen LogP contribution in [0.15, 0.2) is 18.2 Å². The van der Waals surface area contributed by atoms with Gasteiger partial charge in [0.1, 0.15) is 0 Å². The third-order valence-electron chi connectivity index (χ3n) is 2.46. The molecule has 1 rings (SSSR count). The number of aryl methyl sites for hydroxylation is 1. The lowest BCUT2D eigenvalue weighted by Crippen LogP contribution is -2.20. The summed E-state index contributed by atoms with van der Waals surface area (Å²) in [6.07, 6.45) is 0.0821. The van der Waals surface area contributed by atoms with E-state index in [-0.39, 0.29) is 11.8 Å².